The van der Waals surface area contributed by atoms with Gasteiger partial charge in [0, 0.05) is 18.4 Å². The van der Waals surface area contributed by atoms with Crippen LogP contribution >= 0.6 is 0 Å². The van der Waals surface area contributed by atoms with Crippen molar-refractivity contribution < 1.29 is 4.79 Å². The van der Waals surface area contributed by atoms with Gasteiger partial charge in [0.1, 0.15) is 5.69 Å². The van der Waals surface area contributed by atoms with Gasteiger partial charge < -0.3 is 16.0 Å². The van der Waals surface area contributed by atoms with Gasteiger partial charge in [0.15, 0.2) is 0 Å². The maximum absolute atomic E-state index is 11.9. The number of carbonyl (C=O) groups is 1. The van der Waals surface area contributed by atoms with E-state index >= 15 is 0 Å². The minimum absolute atomic E-state index is 0.136. The highest BCUT2D eigenvalue weighted by molar-refractivity contribution is 6.00. The molecule has 0 aliphatic heterocycles. The number of fused-ring (bicyclic) bond motifs is 1. The third-order valence-electron chi connectivity index (χ3n) is 2.65. The van der Waals surface area contributed by atoms with Gasteiger partial charge in [0.25, 0.3) is 5.91 Å². The quantitative estimate of drug-likeness (QED) is 0.436. The summed E-state index contributed by atoms with van der Waals surface area (Å²) in [6.07, 6.45) is 0.657. The van der Waals surface area contributed by atoms with Crippen LogP contribution in [0.1, 0.15) is 23.8 Å². The van der Waals surface area contributed by atoms with Crippen molar-refractivity contribution in [3.63, 3.8) is 0 Å². The average Bonchev–Trinajstić information content (AvgIpc) is 2.80. The van der Waals surface area contributed by atoms with Crippen LogP contribution in [-0.2, 0) is 0 Å². The molecule has 0 spiro atoms. The van der Waals surface area contributed by atoms with E-state index in [9.17, 15) is 4.79 Å². The van der Waals surface area contributed by atoms with Crippen LogP contribution in [0, 0.1) is 11.8 Å². The fourth-order valence-electron chi connectivity index (χ4n) is 1.76. The van der Waals surface area contributed by atoms with E-state index in [0.29, 0.717) is 24.3 Å². The number of amides is 1. The lowest BCUT2D eigenvalue weighted by molar-refractivity contribution is 0.0950. The Balaban J connectivity index is 2.12. The Morgan fingerprint density at radius 1 is 1.50 bits per heavy atom. The molecule has 1 aromatic carbocycles. The SMILES string of the molecule is CC#CCCNC(=O)c1cc2cccc(N)c2[nH]1. The lowest BCUT2D eigenvalue weighted by Gasteiger charge is -1.99. The van der Waals surface area contributed by atoms with Crippen LogP contribution in [0.3, 0.4) is 0 Å². The van der Waals surface area contributed by atoms with E-state index in [1.54, 1.807) is 19.1 Å². The Kier molecular flexibility index (Phi) is 3.54. The first-order chi connectivity index (χ1) is 8.72. The van der Waals surface area contributed by atoms with E-state index in [0.717, 1.165) is 10.9 Å². The van der Waals surface area contributed by atoms with Crippen molar-refractivity contribution in [2.45, 2.75) is 13.3 Å². The number of para-hydroxylation sites is 1. The highest BCUT2D eigenvalue weighted by Crippen LogP contribution is 2.20. The molecule has 18 heavy (non-hydrogen) atoms. The van der Waals surface area contributed by atoms with Crippen LogP contribution in [0.15, 0.2) is 24.3 Å². The highest BCUT2D eigenvalue weighted by atomic mass is 16.1. The molecule has 0 unspecified atom stereocenters. The third kappa shape index (κ3) is 2.46. The first-order valence-corrected chi connectivity index (χ1v) is 5.77. The molecule has 0 aliphatic rings. The summed E-state index contributed by atoms with van der Waals surface area (Å²) < 4.78 is 0. The molecule has 1 heterocycles. The number of nitrogen functional groups attached to an aromatic ring is 1. The molecule has 4 heteroatoms. The summed E-state index contributed by atoms with van der Waals surface area (Å²) in [7, 11) is 0. The van der Waals surface area contributed by atoms with Gasteiger partial charge in [-0.3, -0.25) is 4.79 Å². The van der Waals surface area contributed by atoms with E-state index < -0.39 is 0 Å². The monoisotopic (exact) mass is 241 g/mol. The first-order valence-electron chi connectivity index (χ1n) is 5.77. The largest absolute Gasteiger partial charge is 0.397 e. The van der Waals surface area contributed by atoms with Crippen LogP contribution < -0.4 is 11.1 Å². The van der Waals surface area contributed by atoms with E-state index in [-0.39, 0.29) is 5.91 Å². The van der Waals surface area contributed by atoms with Crippen molar-refractivity contribution in [1.82, 2.24) is 10.3 Å². The number of aromatic amines is 1. The Hall–Kier alpha value is -2.41. The van der Waals surface area contributed by atoms with Gasteiger partial charge in [0.05, 0.1) is 11.2 Å². The molecule has 0 radical (unpaired) electrons. The Morgan fingerprint density at radius 2 is 2.33 bits per heavy atom. The average molecular weight is 241 g/mol. The van der Waals surface area contributed by atoms with Crippen LogP contribution in [0.5, 0.6) is 0 Å². The number of hydrogen-bond acceptors (Lipinski definition) is 2. The number of nitrogens with one attached hydrogen (secondary N) is 2. The summed E-state index contributed by atoms with van der Waals surface area (Å²) >= 11 is 0. The predicted octanol–water partition coefficient (Wildman–Crippen LogP) is 1.89. The van der Waals surface area contributed by atoms with Gasteiger partial charge in [-0.25, -0.2) is 0 Å². The third-order valence-corrected chi connectivity index (χ3v) is 2.65. The molecule has 0 atom stereocenters. The van der Waals surface area contributed by atoms with Crippen molar-refractivity contribution >= 4 is 22.5 Å². The maximum atomic E-state index is 11.9. The molecule has 2 aromatic rings. The summed E-state index contributed by atoms with van der Waals surface area (Å²) in [5.74, 6) is 5.54. The molecule has 0 bridgehead atoms. The zero-order valence-electron chi connectivity index (χ0n) is 10.2. The van der Waals surface area contributed by atoms with Crippen LogP contribution in [0.25, 0.3) is 10.9 Å². The topological polar surface area (TPSA) is 70.9 Å². The van der Waals surface area contributed by atoms with Crippen LogP contribution in [0.2, 0.25) is 0 Å². The van der Waals surface area contributed by atoms with Gasteiger partial charge in [0.2, 0.25) is 0 Å². The normalized spacial score (nSPS) is 9.83. The lowest BCUT2D eigenvalue weighted by Crippen LogP contribution is -2.24. The number of rotatable bonds is 3. The summed E-state index contributed by atoms with van der Waals surface area (Å²) in [6.45, 7) is 2.33. The summed E-state index contributed by atoms with van der Waals surface area (Å²) in [5, 5.41) is 3.74. The fourth-order valence-corrected chi connectivity index (χ4v) is 1.76. The van der Waals surface area contributed by atoms with Crippen LogP contribution in [-0.4, -0.2) is 17.4 Å². The van der Waals surface area contributed by atoms with Crippen molar-refractivity contribution in [2.75, 3.05) is 12.3 Å². The van der Waals surface area contributed by atoms with Crippen LogP contribution in [0.4, 0.5) is 5.69 Å². The molecule has 0 aliphatic carbocycles. The van der Waals surface area contributed by atoms with Gasteiger partial charge in [-0.2, -0.15) is 0 Å². The fraction of sp³-hybridized carbons (Fsp3) is 0.214. The van der Waals surface area contributed by atoms with Crippen molar-refractivity contribution in [1.29, 1.82) is 0 Å². The number of nitrogens with two attached hydrogens (primary N) is 1. The van der Waals surface area contributed by atoms with E-state index in [1.165, 1.54) is 0 Å². The Bertz CT molecular complexity index is 631. The smallest absolute Gasteiger partial charge is 0.267 e. The second-order valence-electron chi connectivity index (χ2n) is 3.93. The maximum Gasteiger partial charge on any atom is 0.267 e. The molecular formula is C14H15N3O. The van der Waals surface area contributed by atoms with Crippen molar-refractivity contribution in [2.24, 2.45) is 0 Å². The van der Waals surface area contributed by atoms with E-state index in [4.69, 9.17) is 5.73 Å². The number of H-pyrrole nitrogens is 1. The molecule has 0 saturated heterocycles. The van der Waals surface area contributed by atoms with Gasteiger partial charge in [-0.15, -0.1) is 11.8 Å². The van der Waals surface area contributed by atoms with Gasteiger partial charge in [-0.05, 0) is 19.1 Å². The predicted molar refractivity (Wildman–Crippen MR) is 73.1 cm³/mol. The Labute approximate surface area is 106 Å². The molecule has 2 rings (SSSR count). The molecule has 4 nitrogen and oxygen atoms in total. The summed E-state index contributed by atoms with van der Waals surface area (Å²) in [4.78, 5) is 14.9. The minimum Gasteiger partial charge on any atom is -0.397 e. The number of hydrogen-bond donors (Lipinski definition) is 3. The van der Waals surface area contributed by atoms with Crippen molar-refractivity contribution in [3.8, 4) is 11.8 Å². The second kappa shape index (κ2) is 5.28. The molecule has 4 N–H and O–H groups in total. The first kappa shape index (κ1) is 12.1. The zero-order chi connectivity index (χ0) is 13.0. The zero-order valence-corrected chi connectivity index (χ0v) is 10.2. The lowest BCUT2D eigenvalue weighted by atomic mass is 10.2. The highest BCUT2D eigenvalue weighted by Gasteiger charge is 2.09. The number of aromatic nitrogens is 1. The van der Waals surface area contributed by atoms with Gasteiger partial charge in [-0.1, -0.05) is 12.1 Å². The second-order valence-corrected chi connectivity index (χ2v) is 3.93. The molecule has 0 fully saturated rings. The minimum atomic E-state index is -0.136. The van der Waals surface area contributed by atoms with E-state index in [1.807, 2.05) is 12.1 Å². The van der Waals surface area contributed by atoms with Gasteiger partial charge >= 0.3 is 0 Å². The number of anilines is 1. The summed E-state index contributed by atoms with van der Waals surface area (Å²) in [6, 6.07) is 7.38. The molecule has 92 valence electrons. The molecule has 1 aromatic heterocycles. The summed E-state index contributed by atoms with van der Waals surface area (Å²) in [5.41, 5.74) is 7.79. The number of carbonyl (C=O) groups excluding carboxylic acids is 1. The molecule has 0 saturated carbocycles. The van der Waals surface area contributed by atoms with Crippen molar-refractivity contribution in [3.05, 3.63) is 30.0 Å². The van der Waals surface area contributed by atoms with E-state index in [2.05, 4.69) is 22.1 Å². The number of benzene rings is 1. The Morgan fingerprint density at radius 3 is 3.06 bits per heavy atom. The molecular weight excluding hydrogens is 226 g/mol. The molecule has 1 amide bonds. The standard InChI is InChI=1S/C14H15N3O/c1-2-3-4-8-16-14(18)12-9-10-6-5-7-11(15)13(10)17-12/h5-7,9,17H,4,8,15H2,1H3,(H,16,18).